The van der Waals surface area contributed by atoms with Crippen LogP contribution in [0.2, 0.25) is 0 Å². The third-order valence-corrected chi connectivity index (χ3v) is 5.67. The smallest absolute Gasteiger partial charge is 0.396 e. The number of hydrogen-bond donors (Lipinski definition) is 1. The molecule has 0 aliphatic heterocycles. The normalized spacial score (nSPS) is 12.3. The number of aliphatic hydroxyl groups is 1. The largest absolute Gasteiger partial charge is 0.475 e. The summed E-state index contributed by atoms with van der Waals surface area (Å²) in [5.74, 6) is 0. The number of benzene rings is 2. The molecule has 2 rings (SSSR count). The van der Waals surface area contributed by atoms with E-state index in [1.807, 2.05) is 74.5 Å². The highest BCUT2D eigenvalue weighted by Crippen LogP contribution is 2.51. The summed E-state index contributed by atoms with van der Waals surface area (Å²) >= 11 is 0. The van der Waals surface area contributed by atoms with Crippen molar-refractivity contribution in [3.05, 3.63) is 71.8 Å². The van der Waals surface area contributed by atoms with Crippen molar-refractivity contribution in [1.29, 1.82) is 0 Å². The Morgan fingerprint density at radius 1 is 0.815 bits per heavy atom. The summed E-state index contributed by atoms with van der Waals surface area (Å²) in [6.45, 7) is 4.70. The summed E-state index contributed by atoms with van der Waals surface area (Å²) in [6.07, 6.45) is 1.29. The average Bonchev–Trinajstić information content (AvgIpc) is 2.66. The molecule has 6 heteroatoms. The van der Waals surface area contributed by atoms with Gasteiger partial charge in [0.15, 0.2) is 0 Å². The zero-order chi connectivity index (χ0) is 19.6. The SMILES string of the molecule is CC(C)(CCO)CCOP(=O)(OCc1ccccc1)OCc1ccccc1. The molecule has 0 spiro atoms. The molecule has 0 unspecified atom stereocenters. The predicted molar refractivity (Wildman–Crippen MR) is 106 cm³/mol. The van der Waals surface area contributed by atoms with Crippen molar-refractivity contribution >= 4 is 7.82 Å². The lowest BCUT2D eigenvalue weighted by molar-refractivity contribution is 0.0888. The van der Waals surface area contributed by atoms with E-state index in [4.69, 9.17) is 18.7 Å². The van der Waals surface area contributed by atoms with Gasteiger partial charge in [0.1, 0.15) is 0 Å². The van der Waals surface area contributed by atoms with Crippen molar-refractivity contribution in [3.8, 4) is 0 Å². The van der Waals surface area contributed by atoms with Crippen LogP contribution in [0, 0.1) is 5.41 Å². The Balaban J connectivity index is 1.96. The Labute approximate surface area is 161 Å². The van der Waals surface area contributed by atoms with Gasteiger partial charge in [0, 0.05) is 6.61 Å². The second kappa shape index (κ2) is 10.7. The topological polar surface area (TPSA) is 65.0 Å². The first kappa shape index (κ1) is 21.8. The Kier molecular flexibility index (Phi) is 8.68. The fourth-order valence-corrected chi connectivity index (χ4v) is 3.58. The van der Waals surface area contributed by atoms with Crippen molar-refractivity contribution in [2.75, 3.05) is 13.2 Å². The first-order valence-corrected chi connectivity index (χ1v) is 10.6. The number of hydrogen-bond acceptors (Lipinski definition) is 5. The van der Waals surface area contributed by atoms with Gasteiger partial charge in [-0.2, -0.15) is 0 Å². The number of phosphoric ester groups is 1. The predicted octanol–water partition coefficient (Wildman–Crippen LogP) is 5.34. The van der Waals surface area contributed by atoms with Gasteiger partial charge in [0.05, 0.1) is 19.8 Å². The number of phosphoric acid groups is 1. The Morgan fingerprint density at radius 2 is 1.30 bits per heavy atom. The molecule has 27 heavy (non-hydrogen) atoms. The summed E-state index contributed by atoms with van der Waals surface area (Å²) < 4.78 is 29.8. The van der Waals surface area contributed by atoms with Crippen molar-refractivity contribution < 1.29 is 23.2 Å². The molecule has 1 N–H and O–H groups in total. The molecule has 0 bridgehead atoms. The molecule has 0 amide bonds. The molecule has 2 aromatic rings. The number of aliphatic hydroxyl groups excluding tert-OH is 1. The fraction of sp³-hybridized carbons (Fsp3) is 0.429. The van der Waals surface area contributed by atoms with Crippen LogP contribution in [0.4, 0.5) is 0 Å². The maximum Gasteiger partial charge on any atom is 0.475 e. The van der Waals surface area contributed by atoms with Crippen LogP contribution in [0.5, 0.6) is 0 Å². The molecule has 0 saturated carbocycles. The van der Waals surface area contributed by atoms with Gasteiger partial charge < -0.3 is 5.11 Å². The molecule has 0 aliphatic carbocycles. The van der Waals surface area contributed by atoms with E-state index < -0.39 is 7.82 Å². The molecule has 0 aliphatic rings. The molecular weight excluding hydrogens is 363 g/mol. The van der Waals surface area contributed by atoms with Crippen LogP contribution in [0.1, 0.15) is 37.8 Å². The zero-order valence-electron chi connectivity index (χ0n) is 16.0. The second-order valence-electron chi connectivity index (χ2n) is 7.19. The minimum Gasteiger partial charge on any atom is -0.396 e. The van der Waals surface area contributed by atoms with Gasteiger partial charge in [0.25, 0.3) is 0 Å². The molecule has 0 saturated heterocycles. The molecule has 148 valence electrons. The van der Waals surface area contributed by atoms with E-state index in [-0.39, 0.29) is 31.8 Å². The van der Waals surface area contributed by atoms with E-state index in [1.54, 1.807) is 0 Å². The summed E-state index contributed by atoms with van der Waals surface area (Å²) in [4.78, 5) is 0. The molecule has 0 heterocycles. The lowest BCUT2D eigenvalue weighted by Crippen LogP contribution is -2.16. The van der Waals surface area contributed by atoms with Gasteiger partial charge in [-0.05, 0) is 29.4 Å². The monoisotopic (exact) mass is 392 g/mol. The Morgan fingerprint density at radius 3 is 1.74 bits per heavy atom. The highest BCUT2D eigenvalue weighted by atomic mass is 31.2. The van der Waals surface area contributed by atoms with Crippen LogP contribution in [-0.2, 0) is 31.4 Å². The van der Waals surface area contributed by atoms with Gasteiger partial charge in [-0.1, -0.05) is 74.5 Å². The fourth-order valence-electron chi connectivity index (χ4n) is 2.43. The molecular formula is C21H29O5P. The van der Waals surface area contributed by atoms with Crippen LogP contribution in [0.15, 0.2) is 60.7 Å². The van der Waals surface area contributed by atoms with Crippen LogP contribution < -0.4 is 0 Å². The van der Waals surface area contributed by atoms with Crippen LogP contribution in [0.25, 0.3) is 0 Å². The van der Waals surface area contributed by atoms with Gasteiger partial charge in [-0.15, -0.1) is 0 Å². The molecule has 0 radical (unpaired) electrons. The number of rotatable bonds is 12. The minimum absolute atomic E-state index is 0.111. The Bertz CT molecular complexity index is 656. The first-order valence-electron chi connectivity index (χ1n) is 9.15. The lowest BCUT2D eigenvalue weighted by Gasteiger charge is -2.25. The van der Waals surface area contributed by atoms with Crippen LogP contribution in [0.3, 0.4) is 0 Å². The molecule has 0 fully saturated rings. The van der Waals surface area contributed by atoms with E-state index >= 15 is 0 Å². The van der Waals surface area contributed by atoms with E-state index in [9.17, 15) is 4.57 Å². The van der Waals surface area contributed by atoms with Crippen molar-refractivity contribution in [3.63, 3.8) is 0 Å². The second-order valence-corrected chi connectivity index (χ2v) is 8.86. The maximum absolute atomic E-state index is 13.1. The minimum atomic E-state index is -3.72. The van der Waals surface area contributed by atoms with Gasteiger partial charge in [-0.3, -0.25) is 13.6 Å². The summed E-state index contributed by atoms with van der Waals surface area (Å²) in [7, 11) is -3.72. The standard InChI is InChI=1S/C21H29O5P/c1-21(2,13-15-22)14-16-24-27(23,25-17-19-9-5-3-6-10-19)26-18-20-11-7-4-8-12-20/h3-12,22H,13-18H2,1-2H3. The van der Waals surface area contributed by atoms with Crippen LogP contribution >= 0.6 is 7.82 Å². The van der Waals surface area contributed by atoms with Gasteiger partial charge in [0.2, 0.25) is 0 Å². The van der Waals surface area contributed by atoms with Crippen LogP contribution in [-0.4, -0.2) is 18.3 Å². The summed E-state index contributed by atoms with van der Waals surface area (Å²) in [6, 6.07) is 19.0. The summed E-state index contributed by atoms with van der Waals surface area (Å²) in [5, 5.41) is 9.14. The highest BCUT2D eigenvalue weighted by molar-refractivity contribution is 7.48. The van der Waals surface area contributed by atoms with Crippen molar-refractivity contribution in [1.82, 2.24) is 0 Å². The average molecular weight is 392 g/mol. The van der Waals surface area contributed by atoms with E-state index in [0.717, 1.165) is 11.1 Å². The van der Waals surface area contributed by atoms with E-state index in [1.165, 1.54) is 0 Å². The van der Waals surface area contributed by atoms with E-state index in [2.05, 4.69) is 0 Å². The maximum atomic E-state index is 13.1. The molecule has 5 nitrogen and oxygen atoms in total. The van der Waals surface area contributed by atoms with Crippen molar-refractivity contribution in [2.24, 2.45) is 5.41 Å². The van der Waals surface area contributed by atoms with Gasteiger partial charge >= 0.3 is 7.82 Å². The third kappa shape index (κ3) is 8.37. The van der Waals surface area contributed by atoms with Gasteiger partial charge in [-0.25, -0.2) is 4.57 Å². The van der Waals surface area contributed by atoms with Crippen molar-refractivity contribution in [2.45, 2.75) is 39.9 Å². The molecule has 0 aromatic heterocycles. The lowest BCUT2D eigenvalue weighted by atomic mass is 9.86. The Hall–Kier alpha value is -1.49. The summed E-state index contributed by atoms with van der Waals surface area (Å²) in [5.41, 5.74) is 1.67. The first-order chi connectivity index (χ1) is 12.9. The quantitative estimate of drug-likeness (QED) is 0.494. The third-order valence-electron chi connectivity index (χ3n) is 4.28. The molecule has 2 aromatic carbocycles. The molecule has 0 atom stereocenters. The highest BCUT2D eigenvalue weighted by Gasteiger charge is 2.28. The zero-order valence-corrected chi connectivity index (χ0v) is 16.9. The van der Waals surface area contributed by atoms with E-state index in [0.29, 0.717) is 12.8 Å².